The van der Waals surface area contributed by atoms with Crippen LogP contribution in [0.3, 0.4) is 0 Å². The summed E-state index contributed by atoms with van der Waals surface area (Å²) in [4.78, 5) is 10.7. The Kier molecular flexibility index (Phi) is 8.41. The van der Waals surface area contributed by atoms with Gasteiger partial charge in [0.25, 0.3) is 0 Å². The molecule has 0 bridgehead atoms. The van der Waals surface area contributed by atoms with Crippen molar-refractivity contribution in [2.24, 2.45) is 5.92 Å². The lowest BCUT2D eigenvalue weighted by atomic mass is 9.93. The summed E-state index contributed by atoms with van der Waals surface area (Å²) in [5.74, 6) is -1.25. The van der Waals surface area contributed by atoms with Gasteiger partial charge < -0.3 is 19.9 Å². The topological polar surface area (TPSA) is 67.8 Å². The normalized spacial score (nSPS) is 19.1. The van der Waals surface area contributed by atoms with Crippen LogP contribution < -0.4 is 14.8 Å². The Bertz CT molecular complexity index is 995. The smallest absolute Gasteiger partial charge is 0.416 e. The van der Waals surface area contributed by atoms with Crippen molar-refractivity contribution in [3.05, 3.63) is 58.9 Å². The van der Waals surface area contributed by atoms with Crippen molar-refractivity contribution < 1.29 is 36.9 Å². The zero-order valence-corrected chi connectivity index (χ0v) is 19.1. The molecule has 0 saturated heterocycles. The summed E-state index contributed by atoms with van der Waals surface area (Å²) in [6, 6.07) is 8.24. The highest BCUT2D eigenvalue weighted by atomic mass is 19.4. The highest BCUT2D eigenvalue weighted by molar-refractivity contribution is 5.68. The third kappa shape index (κ3) is 6.85. The van der Waals surface area contributed by atoms with Crippen molar-refractivity contribution in [2.75, 3.05) is 20.3 Å². The molecule has 3 unspecified atom stereocenters. The van der Waals surface area contributed by atoms with E-state index in [4.69, 9.17) is 14.6 Å². The maximum Gasteiger partial charge on any atom is 0.416 e. The Balaban J connectivity index is 1.58. The fourth-order valence-corrected chi connectivity index (χ4v) is 4.46. The largest absolute Gasteiger partial charge is 0.494 e. The van der Waals surface area contributed by atoms with Gasteiger partial charge in [-0.05, 0) is 92.4 Å². The molecule has 3 atom stereocenters. The van der Waals surface area contributed by atoms with Crippen LogP contribution in [0.25, 0.3) is 0 Å². The van der Waals surface area contributed by atoms with Gasteiger partial charge in [-0.1, -0.05) is 6.07 Å². The van der Waals surface area contributed by atoms with Gasteiger partial charge in [0, 0.05) is 6.04 Å². The lowest BCUT2D eigenvalue weighted by molar-refractivity contribution is -0.139. The second kappa shape index (κ2) is 11.1. The highest BCUT2D eigenvalue weighted by Crippen LogP contribution is 2.43. The predicted molar refractivity (Wildman–Crippen MR) is 119 cm³/mol. The minimum absolute atomic E-state index is 0.0101. The molecule has 34 heavy (non-hydrogen) atoms. The molecule has 9 heteroatoms. The van der Waals surface area contributed by atoms with E-state index in [1.54, 1.807) is 12.1 Å². The molecular formula is C25H29F4NO4. The van der Waals surface area contributed by atoms with E-state index in [1.807, 2.05) is 6.92 Å². The summed E-state index contributed by atoms with van der Waals surface area (Å²) < 4.78 is 63.8. The molecule has 0 radical (unpaired) electrons. The zero-order valence-electron chi connectivity index (χ0n) is 19.1. The van der Waals surface area contributed by atoms with E-state index in [1.165, 1.54) is 19.2 Å². The summed E-state index contributed by atoms with van der Waals surface area (Å²) in [6.07, 6.45) is -1.28. The van der Waals surface area contributed by atoms with Crippen molar-refractivity contribution in [3.63, 3.8) is 0 Å². The van der Waals surface area contributed by atoms with Gasteiger partial charge in [0.2, 0.25) is 0 Å². The lowest BCUT2D eigenvalue weighted by Gasteiger charge is -2.18. The van der Waals surface area contributed by atoms with E-state index < -0.39 is 30.1 Å². The molecule has 0 aromatic heterocycles. The quantitative estimate of drug-likeness (QED) is 0.410. The van der Waals surface area contributed by atoms with Crippen LogP contribution in [0.2, 0.25) is 0 Å². The molecule has 0 heterocycles. The standard InChI is InChI=1S/C25H29F4NO4/c1-15(17-5-6-22(26)23(12-17)33-2)30-8-7-16-3-4-18(9-16)19-10-20(25(27,28)29)13-21(11-19)34-14-24(31)32/h5-6,10-13,15-16,18,30H,3-4,7-9,14H2,1-2H3,(H,31,32). The average molecular weight is 484 g/mol. The van der Waals surface area contributed by atoms with E-state index in [0.717, 1.165) is 43.4 Å². The molecule has 2 N–H and O–H groups in total. The van der Waals surface area contributed by atoms with Crippen molar-refractivity contribution in [2.45, 2.75) is 50.7 Å². The first-order chi connectivity index (χ1) is 16.1. The molecule has 5 nitrogen and oxygen atoms in total. The zero-order chi connectivity index (χ0) is 24.9. The SMILES string of the molecule is COc1cc(C(C)NCCC2CCC(c3cc(OCC(=O)O)cc(C(F)(F)F)c3)C2)ccc1F. The molecule has 0 aliphatic heterocycles. The monoisotopic (exact) mass is 483 g/mol. The number of ether oxygens (including phenoxy) is 2. The molecule has 1 saturated carbocycles. The van der Waals surface area contributed by atoms with Crippen LogP contribution in [0.1, 0.15) is 61.3 Å². The maximum absolute atomic E-state index is 13.6. The number of hydrogen-bond donors (Lipinski definition) is 2. The van der Waals surface area contributed by atoms with Gasteiger partial charge in [0.15, 0.2) is 18.2 Å². The van der Waals surface area contributed by atoms with Crippen LogP contribution in [0.5, 0.6) is 11.5 Å². The number of rotatable bonds is 10. The average Bonchev–Trinajstić information content (AvgIpc) is 3.26. The van der Waals surface area contributed by atoms with Crippen LogP contribution in [0.4, 0.5) is 17.6 Å². The minimum Gasteiger partial charge on any atom is -0.494 e. The molecule has 2 aromatic rings. The molecule has 3 rings (SSSR count). The van der Waals surface area contributed by atoms with Gasteiger partial charge in [0.1, 0.15) is 5.75 Å². The van der Waals surface area contributed by atoms with Crippen LogP contribution in [0.15, 0.2) is 36.4 Å². The maximum atomic E-state index is 13.6. The number of nitrogens with one attached hydrogen (secondary N) is 1. The fourth-order valence-electron chi connectivity index (χ4n) is 4.46. The van der Waals surface area contributed by atoms with E-state index in [-0.39, 0.29) is 23.5 Å². The minimum atomic E-state index is -4.54. The van der Waals surface area contributed by atoms with E-state index in [0.29, 0.717) is 18.0 Å². The first-order valence-corrected chi connectivity index (χ1v) is 11.2. The van der Waals surface area contributed by atoms with E-state index in [2.05, 4.69) is 5.32 Å². The van der Waals surface area contributed by atoms with Gasteiger partial charge in [-0.3, -0.25) is 0 Å². The number of benzene rings is 2. The van der Waals surface area contributed by atoms with Gasteiger partial charge in [-0.2, -0.15) is 13.2 Å². The summed E-state index contributed by atoms with van der Waals surface area (Å²) in [5.41, 5.74) is 0.594. The Morgan fingerprint density at radius 1 is 1.21 bits per heavy atom. The van der Waals surface area contributed by atoms with Crippen molar-refractivity contribution in [1.82, 2.24) is 5.32 Å². The van der Waals surface area contributed by atoms with E-state index in [9.17, 15) is 22.4 Å². The van der Waals surface area contributed by atoms with Crippen LogP contribution in [-0.4, -0.2) is 31.3 Å². The Morgan fingerprint density at radius 2 is 1.97 bits per heavy atom. The van der Waals surface area contributed by atoms with Crippen molar-refractivity contribution >= 4 is 5.97 Å². The van der Waals surface area contributed by atoms with Crippen LogP contribution in [0, 0.1) is 11.7 Å². The van der Waals surface area contributed by atoms with Crippen LogP contribution >= 0.6 is 0 Å². The summed E-state index contributed by atoms with van der Waals surface area (Å²) >= 11 is 0. The molecule has 0 amide bonds. The molecule has 1 fully saturated rings. The Labute approximate surface area is 196 Å². The summed E-state index contributed by atoms with van der Waals surface area (Å²) in [6.45, 7) is 2.00. The first-order valence-electron chi connectivity index (χ1n) is 11.2. The third-order valence-electron chi connectivity index (χ3n) is 6.31. The molecule has 1 aliphatic rings. The van der Waals surface area contributed by atoms with Gasteiger partial charge in [0.05, 0.1) is 12.7 Å². The van der Waals surface area contributed by atoms with Gasteiger partial charge in [-0.25, -0.2) is 9.18 Å². The second-order valence-corrected chi connectivity index (χ2v) is 8.71. The summed E-state index contributed by atoms with van der Waals surface area (Å²) in [7, 11) is 1.42. The number of aliphatic carboxylic acids is 1. The predicted octanol–water partition coefficient (Wildman–Crippen LogP) is 5.94. The number of carboxylic acids is 1. The third-order valence-corrected chi connectivity index (χ3v) is 6.31. The summed E-state index contributed by atoms with van der Waals surface area (Å²) in [5, 5.41) is 12.2. The number of alkyl halides is 3. The molecular weight excluding hydrogens is 454 g/mol. The molecule has 1 aliphatic carbocycles. The fraction of sp³-hybridized carbons (Fsp3) is 0.480. The number of carboxylic acid groups (broad SMARTS) is 1. The van der Waals surface area contributed by atoms with Gasteiger partial charge in [-0.15, -0.1) is 0 Å². The van der Waals surface area contributed by atoms with Crippen LogP contribution in [-0.2, 0) is 11.0 Å². The second-order valence-electron chi connectivity index (χ2n) is 8.71. The number of halogens is 4. The van der Waals surface area contributed by atoms with Crippen molar-refractivity contribution in [3.8, 4) is 11.5 Å². The Hall–Kier alpha value is -2.81. The molecule has 2 aromatic carbocycles. The Morgan fingerprint density at radius 3 is 2.65 bits per heavy atom. The number of hydrogen-bond acceptors (Lipinski definition) is 4. The molecule has 186 valence electrons. The van der Waals surface area contributed by atoms with Crippen molar-refractivity contribution in [1.29, 1.82) is 0 Å². The number of methoxy groups -OCH3 is 1. The molecule has 0 spiro atoms. The van der Waals surface area contributed by atoms with E-state index >= 15 is 0 Å². The first kappa shape index (κ1) is 25.8. The highest BCUT2D eigenvalue weighted by Gasteiger charge is 2.33. The lowest BCUT2D eigenvalue weighted by Crippen LogP contribution is -2.21. The van der Waals surface area contributed by atoms with Gasteiger partial charge >= 0.3 is 12.1 Å². The number of carbonyl (C=O) groups is 1.